The summed E-state index contributed by atoms with van der Waals surface area (Å²) in [5.74, 6) is 0.449. The standard InChI is InChI=1S/C19H22N6O2/c1-11(2)18(26)22-14-5-15(6-14)27-19-17-12(3)7-21-25(17)10-16(23-19)13-8-20-24(4)9-13/h7-10,14-15H,1,5-6H2,2-4H3,(H,22,26). The molecular weight excluding hydrogens is 344 g/mol. The Morgan fingerprint density at radius 3 is 2.74 bits per heavy atom. The number of carbonyl (C=O) groups excluding carboxylic acids is 1. The summed E-state index contributed by atoms with van der Waals surface area (Å²) in [5.41, 5.74) is 4.03. The van der Waals surface area contributed by atoms with Crippen molar-refractivity contribution in [2.75, 3.05) is 0 Å². The predicted octanol–water partition coefficient (Wildman–Crippen LogP) is 2.04. The van der Waals surface area contributed by atoms with Crippen LogP contribution in [0.1, 0.15) is 25.3 Å². The van der Waals surface area contributed by atoms with E-state index in [1.54, 1.807) is 28.5 Å². The fourth-order valence-electron chi connectivity index (χ4n) is 3.14. The molecular formula is C19H22N6O2. The smallest absolute Gasteiger partial charge is 0.246 e. The summed E-state index contributed by atoms with van der Waals surface area (Å²) >= 11 is 0. The molecule has 140 valence electrons. The second-order valence-corrected chi connectivity index (χ2v) is 7.12. The van der Waals surface area contributed by atoms with Crippen molar-refractivity contribution in [2.45, 2.75) is 38.8 Å². The Morgan fingerprint density at radius 2 is 2.07 bits per heavy atom. The number of nitrogens with one attached hydrogen (secondary N) is 1. The quantitative estimate of drug-likeness (QED) is 0.699. The average Bonchev–Trinajstić information content (AvgIpc) is 3.18. The van der Waals surface area contributed by atoms with E-state index in [0.717, 1.165) is 35.2 Å². The second-order valence-electron chi connectivity index (χ2n) is 7.12. The maximum Gasteiger partial charge on any atom is 0.246 e. The maximum atomic E-state index is 11.7. The number of hydrogen-bond acceptors (Lipinski definition) is 5. The lowest BCUT2D eigenvalue weighted by Gasteiger charge is -2.35. The van der Waals surface area contributed by atoms with E-state index < -0.39 is 0 Å². The lowest BCUT2D eigenvalue weighted by atomic mass is 9.89. The van der Waals surface area contributed by atoms with Gasteiger partial charge in [0.1, 0.15) is 11.6 Å². The molecule has 0 atom stereocenters. The second kappa shape index (κ2) is 6.53. The molecule has 0 radical (unpaired) electrons. The van der Waals surface area contributed by atoms with Gasteiger partial charge in [0.2, 0.25) is 11.8 Å². The average molecular weight is 366 g/mol. The molecule has 1 saturated carbocycles. The van der Waals surface area contributed by atoms with Crippen LogP contribution in [-0.4, -0.2) is 42.4 Å². The lowest BCUT2D eigenvalue weighted by Crippen LogP contribution is -2.49. The Kier molecular flexibility index (Phi) is 4.18. The van der Waals surface area contributed by atoms with Crippen LogP contribution in [0, 0.1) is 6.92 Å². The first-order chi connectivity index (χ1) is 12.9. The van der Waals surface area contributed by atoms with Crippen LogP contribution >= 0.6 is 0 Å². The zero-order valence-electron chi connectivity index (χ0n) is 15.6. The summed E-state index contributed by atoms with van der Waals surface area (Å²) in [7, 11) is 1.87. The van der Waals surface area contributed by atoms with Gasteiger partial charge in [-0.25, -0.2) is 9.50 Å². The van der Waals surface area contributed by atoms with Gasteiger partial charge in [-0.2, -0.15) is 10.2 Å². The molecule has 1 aliphatic rings. The van der Waals surface area contributed by atoms with Crippen LogP contribution in [0.2, 0.25) is 0 Å². The molecule has 1 fully saturated rings. The fraction of sp³-hybridized carbons (Fsp3) is 0.368. The van der Waals surface area contributed by atoms with Crippen LogP contribution in [0.5, 0.6) is 5.88 Å². The van der Waals surface area contributed by atoms with E-state index in [-0.39, 0.29) is 18.1 Å². The summed E-state index contributed by atoms with van der Waals surface area (Å²) in [6.45, 7) is 7.35. The van der Waals surface area contributed by atoms with Crippen LogP contribution in [-0.2, 0) is 11.8 Å². The largest absolute Gasteiger partial charge is 0.473 e. The van der Waals surface area contributed by atoms with Crippen LogP contribution in [0.3, 0.4) is 0 Å². The molecule has 3 aromatic heterocycles. The van der Waals surface area contributed by atoms with Gasteiger partial charge in [0.25, 0.3) is 0 Å². The molecule has 8 nitrogen and oxygen atoms in total. The van der Waals surface area contributed by atoms with Gasteiger partial charge in [-0.05, 0) is 13.8 Å². The third kappa shape index (κ3) is 3.30. The summed E-state index contributed by atoms with van der Waals surface area (Å²) in [4.78, 5) is 16.4. The molecule has 0 aromatic carbocycles. The minimum absolute atomic E-state index is 0.00942. The zero-order chi connectivity index (χ0) is 19.1. The van der Waals surface area contributed by atoms with Gasteiger partial charge in [0.05, 0.1) is 24.3 Å². The van der Waals surface area contributed by atoms with Gasteiger partial charge in [-0.3, -0.25) is 9.48 Å². The Bertz CT molecular complexity index is 1030. The molecule has 1 N–H and O–H groups in total. The lowest BCUT2D eigenvalue weighted by molar-refractivity contribution is -0.119. The number of carbonyl (C=O) groups is 1. The van der Waals surface area contributed by atoms with E-state index in [4.69, 9.17) is 9.72 Å². The minimum Gasteiger partial charge on any atom is -0.473 e. The SMILES string of the molecule is C=C(C)C(=O)NC1CC(Oc2nc(-c3cnn(C)c3)cn3ncc(C)c23)C1. The Hall–Kier alpha value is -3.16. The van der Waals surface area contributed by atoms with E-state index >= 15 is 0 Å². The monoisotopic (exact) mass is 366 g/mol. The highest BCUT2D eigenvalue weighted by molar-refractivity contribution is 5.92. The number of aryl methyl sites for hydroxylation is 2. The van der Waals surface area contributed by atoms with Crippen LogP contribution in [0.4, 0.5) is 0 Å². The first kappa shape index (κ1) is 17.3. The third-order valence-electron chi connectivity index (χ3n) is 4.74. The molecule has 1 amide bonds. The van der Waals surface area contributed by atoms with Crippen LogP contribution in [0.15, 0.2) is 36.9 Å². The highest BCUT2D eigenvalue weighted by atomic mass is 16.5. The fourth-order valence-corrected chi connectivity index (χ4v) is 3.14. The molecule has 27 heavy (non-hydrogen) atoms. The molecule has 0 bridgehead atoms. The summed E-state index contributed by atoms with van der Waals surface area (Å²) in [6.07, 6.45) is 8.85. The normalized spacial score (nSPS) is 18.9. The minimum atomic E-state index is -0.107. The van der Waals surface area contributed by atoms with Crippen molar-refractivity contribution in [3.8, 4) is 17.1 Å². The topological polar surface area (TPSA) is 86.3 Å². The first-order valence-electron chi connectivity index (χ1n) is 8.87. The molecule has 8 heteroatoms. The van der Waals surface area contributed by atoms with Crippen molar-refractivity contribution < 1.29 is 9.53 Å². The van der Waals surface area contributed by atoms with Gasteiger partial charge in [-0.1, -0.05) is 6.58 Å². The van der Waals surface area contributed by atoms with Gasteiger partial charge in [-0.15, -0.1) is 0 Å². The van der Waals surface area contributed by atoms with E-state index in [2.05, 4.69) is 22.1 Å². The molecule has 4 rings (SSSR count). The van der Waals surface area contributed by atoms with Crippen LogP contribution < -0.4 is 10.1 Å². The number of fused-ring (bicyclic) bond motifs is 1. The third-order valence-corrected chi connectivity index (χ3v) is 4.74. The van der Waals surface area contributed by atoms with Crippen molar-refractivity contribution >= 4 is 11.4 Å². The predicted molar refractivity (Wildman–Crippen MR) is 100 cm³/mol. The number of nitrogens with zero attached hydrogens (tertiary/aromatic N) is 5. The van der Waals surface area contributed by atoms with E-state index in [0.29, 0.717) is 11.5 Å². The number of hydrogen-bond donors (Lipinski definition) is 1. The van der Waals surface area contributed by atoms with E-state index in [1.165, 1.54) is 0 Å². The van der Waals surface area contributed by atoms with Crippen molar-refractivity contribution in [1.82, 2.24) is 29.7 Å². The van der Waals surface area contributed by atoms with Gasteiger partial charge in [0, 0.05) is 48.8 Å². The van der Waals surface area contributed by atoms with Gasteiger partial charge < -0.3 is 10.1 Å². The van der Waals surface area contributed by atoms with Crippen molar-refractivity contribution in [1.29, 1.82) is 0 Å². The van der Waals surface area contributed by atoms with Gasteiger partial charge >= 0.3 is 0 Å². The molecule has 0 spiro atoms. The molecule has 1 aliphatic carbocycles. The van der Waals surface area contributed by atoms with Crippen LogP contribution in [0.25, 0.3) is 16.8 Å². The Labute approximate surface area is 156 Å². The number of ether oxygens (including phenoxy) is 1. The van der Waals surface area contributed by atoms with Crippen molar-refractivity contribution in [2.24, 2.45) is 7.05 Å². The Morgan fingerprint density at radius 1 is 1.30 bits per heavy atom. The van der Waals surface area contributed by atoms with E-state index in [9.17, 15) is 4.79 Å². The molecule has 0 unspecified atom stereocenters. The highest BCUT2D eigenvalue weighted by Gasteiger charge is 2.33. The zero-order valence-corrected chi connectivity index (χ0v) is 15.6. The molecule has 0 aliphatic heterocycles. The van der Waals surface area contributed by atoms with Crippen molar-refractivity contribution in [3.05, 3.63) is 42.5 Å². The number of aromatic nitrogens is 5. The molecule has 0 saturated heterocycles. The first-order valence-corrected chi connectivity index (χ1v) is 8.87. The number of rotatable bonds is 5. The molecule has 3 heterocycles. The molecule has 3 aromatic rings. The van der Waals surface area contributed by atoms with Crippen molar-refractivity contribution in [3.63, 3.8) is 0 Å². The summed E-state index contributed by atoms with van der Waals surface area (Å²) in [6, 6.07) is 0.114. The van der Waals surface area contributed by atoms with E-state index in [1.807, 2.05) is 26.4 Å². The maximum absolute atomic E-state index is 11.7. The van der Waals surface area contributed by atoms with Gasteiger partial charge in [0.15, 0.2) is 0 Å². The highest BCUT2D eigenvalue weighted by Crippen LogP contribution is 2.31. The summed E-state index contributed by atoms with van der Waals surface area (Å²) in [5, 5.41) is 11.6. The summed E-state index contributed by atoms with van der Waals surface area (Å²) < 4.78 is 9.69. The number of amides is 1. The Balaban J connectivity index is 1.55.